The third-order valence-corrected chi connectivity index (χ3v) is 9.76. The summed E-state index contributed by atoms with van der Waals surface area (Å²) in [7, 11) is 0. The van der Waals surface area contributed by atoms with Gasteiger partial charge in [0.2, 0.25) is 11.8 Å². The van der Waals surface area contributed by atoms with Crippen molar-refractivity contribution in [3.8, 4) is 5.75 Å². The second-order valence-corrected chi connectivity index (χ2v) is 12.4. The molecular weight excluding hydrogens is 620 g/mol. The molecule has 2 amide bonds. The third-order valence-electron chi connectivity index (χ3n) is 6.87. The molecule has 0 radical (unpaired) electrons. The molecule has 1 saturated heterocycles. The van der Waals surface area contributed by atoms with Crippen molar-refractivity contribution in [1.82, 2.24) is 4.98 Å². The van der Waals surface area contributed by atoms with Gasteiger partial charge in [-0.3, -0.25) is 14.4 Å². The molecule has 210 valence electrons. The number of nitrogens with one attached hydrogen (secondary N) is 1. The van der Waals surface area contributed by atoms with E-state index in [1.54, 1.807) is 42.5 Å². The van der Waals surface area contributed by atoms with Gasteiger partial charge in [-0.2, -0.15) is 13.2 Å². The highest BCUT2D eigenvalue weighted by molar-refractivity contribution is 8.00. The van der Waals surface area contributed by atoms with Crippen molar-refractivity contribution >= 4 is 63.8 Å². The second-order valence-electron chi connectivity index (χ2n) is 9.41. The predicted molar refractivity (Wildman–Crippen MR) is 151 cm³/mol. The molecule has 2 aliphatic rings. The van der Waals surface area contributed by atoms with E-state index >= 15 is 0 Å². The molecule has 0 aliphatic carbocycles. The number of fused-ring (bicyclic) bond motifs is 2. The standard InChI is InChI=1S/C28H17Cl2F3N2O4S2/c29-15-6-4-13(5-7-15)12-39-19-9-8-16(30)11-18(19)20-21-23(40-24-22(20)41-27(38)34-24)26(37)35(25(21)36)17-3-1-2-14(10-17)28(31,32)33/h1-11,20-21,23H,12H2,(H,34,38). The van der Waals surface area contributed by atoms with E-state index in [-0.39, 0.29) is 17.2 Å². The van der Waals surface area contributed by atoms with Crippen LogP contribution in [0, 0.1) is 5.92 Å². The second kappa shape index (κ2) is 10.5. The zero-order valence-electron chi connectivity index (χ0n) is 20.6. The Morgan fingerprint density at radius 3 is 2.39 bits per heavy atom. The van der Waals surface area contributed by atoms with Crippen molar-refractivity contribution < 1.29 is 27.5 Å². The van der Waals surface area contributed by atoms with Gasteiger partial charge in [-0.1, -0.05) is 64.5 Å². The molecule has 0 saturated carbocycles. The summed E-state index contributed by atoms with van der Waals surface area (Å²) in [6.45, 7) is 0.154. The number of halogens is 5. The number of imide groups is 1. The molecule has 0 bridgehead atoms. The zero-order chi connectivity index (χ0) is 29.1. The number of alkyl halides is 3. The highest BCUT2D eigenvalue weighted by Gasteiger charge is 2.57. The highest BCUT2D eigenvalue weighted by atomic mass is 35.5. The molecule has 6 nitrogen and oxygen atoms in total. The molecule has 2 aliphatic heterocycles. The highest BCUT2D eigenvalue weighted by Crippen LogP contribution is 2.55. The van der Waals surface area contributed by atoms with E-state index in [1.165, 1.54) is 6.07 Å². The number of thiazole rings is 1. The quantitative estimate of drug-likeness (QED) is 0.236. The Bertz CT molecular complexity index is 1740. The number of ether oxygens (including phenoxy) is 1. The van der Waals surface area contributed by atoms with Crippen molar-refractivity contribution in [2.75, 3.05) is 4.90 Å². The van der Waals surface area contributed by atoms with E-state index in [2.05, 4.69) is 4.98 Å². The lowest BCUT2D eigenvalue weighted by atomic mass is 9.82. The first-order chi connectivity index (χ1) is 19.5. The molecule has 3 aromatic carbocycles. The maximum absolute atomic E-state index is 14.0. The number of aromatic amines is 1. The first kappa shape index (κ1) is 27.9. The largest absolute Gasteiger partial charge is 0.489 e. The number of hydrogen-bond donors (Lipinski definition) is 1. The molecule has 1 aromatic heterocycles. The number of benzene rings is 3. The van der Waals surface area contributed by atoms with Crippen LogP contribution in [0.4, 0.5) is 18.9 Å². The predicted octanol–water partition coefficient (Wildman–Crippen LogP) is 7.14. The van der Waals surface area contributed by atoms with E-state index in [1.807, 2.05) is 0 Å². The van der Waals surface area contributed by atoms with Crippen LogP contribution in [0.3, 0.4) is 0 Å². The number of carbonyl (C=O) groups excluding carboxylic acids is 2. The Kier molecular flexibility index (Phi) is 7.17. The minimum Gasteiger partial charge on any atom is -0.489 e. The lowest BCUT2D eigenvalue weighted by Crippen LogP contribution is -2.32. The molecule has 0 spiro atoms. The van der Waals surface area contributed by atoms with Gasteiger partial charge in [0.15, 0.2) is 0 Å². The fourth-order valence-electron chi connectivity index (χ4n) is 5.06. The van der Waals surface area contributed by atoms with Crippen molar-refractivity contribution in [2.24, 2.45) is 5.92 Å². The number of amides is 2. The van der Waals surface area contributed by atoms with Crippen LogP contribution in [0.15, 0.2) is 76.6 Å². The summed E-state index contributed by atoms with van der Waals surface area (Å²) < 4.78 is 46.5. The average Bonchev–Trinajstić information content (AvgIpc) is 3.42. The number of anilines is 1. The maximum atomic E-state index is 14.0. The van der Waals surface area contributed by atoms with Crippen molar-refractivity contribution in [3.05, 3.63) is 108 Å². The van der Waals surface area contributed by atoms with Crippen LogP contribution in [-0.4, -0.2) is 22.0 Å². The van der Waals surface area contributed by atoms with Gasteiger partial charge in [0.1, 0.15) is 17.6 Å². The molecule has 3 unspecified atom stereocenters. The molecule has 1 fully saturated rings. The van der Waals surface area contributed by atoms with E-state index in [9.17, 15) is 27.6 Å². The van der Waals surface area contributed by atoms with Gasteiger partial charge >= 0.3 is 11.0 Å². The van der Waals surface area contributed by atoms with Gasteiger partial charge in [-0.05, 0) is 54.1 Å². The van der Waals surface area contributed by atoms with Crippen molar-refractivity contribution in [1.29, 1.82) is 0 Å². The summed E-state index contributed by atoms with van der Waals surface area (Å²) in [6.07, 6.45) is -4.66. The van der Waals surface area contributed by atoms with Crippen LogP contribution in [0.5, 0.6) is 5.75 Å². The Morgan fingerprint density at radius 2 is 1.66 bits per heavy atom. The van der Waals surface area contributed by atoms with Crippen molar-refractivity contribution in [2.45, 2.75) is 29.0 Å². The number of thioether (sulfide) groups is 1. The number of aromatic nitrogens is 1. The molecular formula is C28H17Cl2F3N2O4S2. The summed E-state index contributed by atoms with van der Waals surface area (Å²) in [5.74, 6) is -2.82. The monoisotopic (exact) mass is 636 g/mol. The smallest absolute Gasteiger partial charge is 0.416 e. The summed E-state index contributed by atoms with van der Waals surface area (Å²) >= 11 is 14.3. The van der Waals surface area contributed by atoms with Gasteiger partial charge in [-0.25, -0.2) is 4.90 Å². The number of rotatable bonds is 5. The van der Waals surface area contributed by atoms with Gasteiger partial charge in [-0.15, -0.1) is 0 Å². The molecule has 13 heteroatoms. The van der Waals surface area contributed by atoms with Crippen LogP contribution in [0.25, 0.3) is 0 Å². The number of H-pyrrole nitrogens is 1. The van der Waals surface area contributed by atoms with E-state index in [0.29, 0.717) is 31.3 Å². The van der Waals surface area contributed by atoms with Gasteiger partial charge in [0, 0.05) is 26.4 Å². The minimum atomic E-state index is -4.66. The SMILES string of the molecule is O=C1C2Sc3[nH]c(=O)sc3C(c3cc(Cl)ccc3OCc3ccc(Cl)cc3)C2C(=O)N1c1cccc(C(F)(F)F)c1. The first-order valence-electron chi connectivity index (χ1n) is 12.1. The molecule has 6 rings (SSSR count). The Morgan fingerprint density at radius 1 is 0.927 bits per heavy atom. The lowest BCUT2D eigenvalue weighted by Gasteiger charge is -2.31. The van der Waals surface area contributed by atoms with E-state index < -0.39 is 40.6 Å². The maximum Gasteiger partial charge on any atom is 0.416 e. The van der Waals surface area contributed by atoms with Gasteiger partial charge in [0.25, 0.3) is 0 Å². The summed E-state index contributed by atoms with van der Waals surface area (Å²) in [5, 5.41) is 0.325. The van der Waals surface area contributed by atoms with Crippen LogP contribution in [0.1, 0.15) is 27.5 Å². The Balaban J connectivity index is 1.43. The third kappa shape index (κ3) is 5.16. The normalized spacial score (nSPS) is 20.2. The Labute approximate surface area is 249 Å². The van der Waals surface area contributed by atoms with E-state index in [4.69, 9.17) is 27.9 Å². The minimum absolute atomic E-state index is 0.154. The topological polar surface area (TPSA) is 79.5 Å². The van der Waals surface area contributed by atoms with E-state index in [0.717, 1.165) is 51.8 Å². The van der Waals surface area contributed by atoms with Gasteiger partial charge in [0.05, 0.1) is 22.2 Å². The molecule has 3 atom stereocenters. The van der Waals surface area contributed by atoms with Crippen molar-refractivity contribution in [3.63, 3.8) is 0 Å². The number of hydrogen-bond acceptors (Lipinski definition) is 6. The molecule has 3 heterocycles. The average molecular weight is 637 g/mol. The fourth-order valence-corrected chi connectivity index (χ4v) is 7.88. The summed E-state index contributed by atoms with van der Waals surface area (Å²) in [5.41, 5.74) is 0.143. The molecule has 41 heavy (non-hydrogen) atoms. The number of nitrogens with zero attached hydrogens (tertiary/aromatic N) is 1. The summed E-state index contributed by atoms with van der Waals surface area (Å²) in [4.78, 5) is 43.7. The van der Waals surface area contributed by atoms with Crippen LogP contribution in [0.2, 0.25) is 10.0 Å². The Hall–Kier alpha value is -3.25. The van der Waals surface area contributed by atoms with Crippen LogP contribution >= 0.6 is 46.3 Å². The molecule has 1 N–H and O–H groups in total. The lowest BCUT2D eigenvalue weighted by molar-refractivity contribution is -0.137. The first-order valence-corrected chi connectivity index (χ1v) is 14.6. The molecule has 4 aromatic rings. The van der Waals surface area contributed by atoms with Crippen LogP contribution < -0.4 is 14.5 Å². The van der Waals surface area contributed by atoms with Gasteiger partial charge < -0.3 is 9.72 Å². The fraction of sp³-hybridized carbons (Fsp3) is 0.179. The summed E-state index contributed by atoms with van der Waals surface area (Å²) in [6, 6.07) is 16.0. The van der Waals surface area contributed by atoms with Crippen LogP contribution in [-0.2, 0) is 22.4 Å². The number of carbonyl (C=O) groups is 2. The zero-order valence-corrected chi connectivity index (χ0v) is 23.7.